The number of likely N-dealkylation sites (tertiary alicyclic amines) is 1. The van der Waals surface area contributed by atoms with Gasteiger partial charge in [-0.15, -0.1) is 0 Å². The highest BCUT2D eigenvalue weighted by molar-refractivity contribution is 9.11. The van der Waals surface area contributed by atoms with Gasteiger partial charge in [0.2, 0.25) is 0 Å². The molecule has 1 aliphatic heterocycles. The van der Waals surface area contributed by atoms with Gasteiger partial charge in [0.25, 0.3) is 0 Å². The van der Waals surface area contributed by atoms with Crippen LogP contribution in [-0.4, -0.2) is 29.1 Å². The Morgan fingerprint density at radius 2 is 2.00 bits per heavy atom. The maximum Gasteiger partial charge on any atom is 0.415 e. The average molecular weight is 400 g/mol. The van der Waals surface area contributed by atoms with E-state index in [0.717, 1.165) is 35.8 Å². The average Bonchev–Trinajstić information content (AvgIpc) is 2.97. The van der Waals surface area contributed by atoms with Gasteiger partial charge in [-0.1, -0.05) is 22.0 Å². The summed E-state index contributed by atoms with van der Waals surface area (Å²) in [6.07, 6.45) is 3.46. The molecule has 0 spiro atoms. The van der Waals surface area contributed by atoms with Gasteiger partial charge < -0.3 is 9.64 Å². The lowest BCUT2D eigenvalue weighted by molar-refractivity contribution is 0.163. The number of benzene rings is 1. The van der Waals surface area contributed by atoms with Gasteiger partial charge in [-0.05, 0) is 40.9 Å². The van der Waals surface area contributed by atoms with E-state index in [2.05, 4.69) is 36.8 Å². The Labute approximate surface area is 133 Å². The molecule has 1 aliphatic rings. The summed E-state index contributed by atoms with van der Waals surface area (Å²) in [5.74, 6) is 0.473. The molecule has 0 unspecified atom stereocenters. The van der Waals surface area contributed by atoms with Crippen molar-refractivity contribution in [3.05, 3.63) is 33.3 Å². The molecule has 0 radical (unpaired) electrons. The van der Waals surface area contributed by atoms with Crippen LogP contribution in [0, 0.1) is 0 Å². The smallest absolute Gasteiger partial charge is 0.407 e. The number of aromatic nitrogens is 1. The van der Waals surface area contributed by atoms with Crippen LogP contribution in [0.25, 0.3) is 10.9 Å². The number of hydrogen-bond donors (Lipinski definition) is 0. The summed E-state index contributed by atoms with van der Waals surface area (Å²) < 4.78 is 7.18. The van der Waals surface area contributed by atoms with Gasteiger partial charge in [-0.25, -0.2) is 4.79 Å². The van der Waals surface area contributed by atoms with Gasteiger partial charge in [0.1, 0.15) is 5.52 Å². The van der Waals surface area contributed by atoms with E-state index in [-0.39, 0.29) is 6.09 Å². The van der Waals surface area contributed by atoms with Crippen molar-refractivity contribution < 1.29 is 9.53 Å². The first kappa shape index (κ1) is 13.8. The van der Waals surface area contributed by atoms with Crippen LogP contribution in [0.4, 0.5) is 4.79 Å². The molecule has 3 rings (SSSR count). The predicted octanol–water partition coefficient (Wildman–Crippen LogP) is 4.35. The summed E-state index contributed by atoms with van der Waals surface area (Å²) in [5.41, 5.74) is 0.668. The van der Waals surface area contributed by atoms with Crippen molar-refractivity contribution in [2.75, 3.05) is 13.1 Å². The molecule has 2 aromatic rings. The number of ether oxygens (including phenoxy) is 1. The fourth-order valence-corrected chi connectivity index (χ4v) is 3.65. The third kappa shape index (κ3) is 2.54. The Bertz CT molecular complexity index is 670. The molecular formula is C14H12Br2N2O2. The zero-order chi connectivity index (χ0) is 14.1. The molecule has 20 heavy (non-hydrogen) atoms. The second kappa shape index (κ2) is 5.69. The molecular weight excluding hydrogens is 388 g/mol. The maximum atomic E-state index is 12.1. The Balaban J connectivity index is 2.00. The lowest BCUT2D eigenvalue weighted by Gasteiger charge is -2.16. The number of hydrogen-bond acceptors (Lipinski definition) is 3. The second-order valence-electron chi connectivity index (χ2n) is 4.63. The molecule has 0 saturated carbocycles. The fraction of sp³-hybridized carbons (Fsp3) is 0.286. The molecule has 0 bridgehead atoms. The third-order valence-corrected chi connectivity index (χ3v) is 4.55. The number of carbonyl (C=O) groups excluding carboxylic acids is 1. The monoisotopic (exact) mass is 398 g/mol. The topological polar surface area (TPSA) is 42.4 Å². The molecule has 2 heterocycles. The number of halogens is 2. The summed E-state index contributed by atoms with van der Waals surface area (Å²) in [7, 11) is 0. The highest BCUT2D eigenvalue weighted by Crippen LogP contribution is 2.37. The van der Waals surface area contributed by atoms with Crippen molar-refractivity contribution in [1.82, 2.24) is 9.88 Å². The number of nitrogens with zero attached hydrogens (tertiary/aromatic N) is 2. The zero-order valence-corrected chi connectivity index (χ0v) is 13.8. The van der Waals surface area contributed by atoms with Gasteiger partial charge in [0.05, 0.1) is 4.47 Å². The van der Waals surface area contributed by atoms with Gasteiger partial charge in [-0.3, -0.25) is 4.98 Å². The van der Waals surface area contributed by atoms with Crippen LogP contribution >= 0.6 is 31.9 Å². The minimum Gasteiger partial charge on any atom is -0.407 e. The predicted molar refractivity (Wildman–Crippen MR) is 84.0 cm³/mol. The van der Waals surface area contributed by atoms with Crippen molar-refractivity contribution >= 4 is 48.9 Å². The number of fused-ring (bicyclic) bond motifs is 1. The number of carbonyl (C=O) groups is 1. The van der Waals surface area contributed by atoms with Crippen LogP contribution in [0.5, 0.6) is 5.75 Å². The summed E-state index contributed by atoms with van der Waals surface area (Å²) >= 11 is 6.93. The molecule has 1 saturated heterocycles. The largest absolute Gasteiger partial charge is 0.415 e. The number of amides is 1. The normalized spacial score (nSPS) is 14.8. The van der Waals surface area contributed by atoms with E-state index >= 15 is 0 Å². The lowest BCUT2D eigenvalue weighted by atomic mass is 10.2. The van der Waals surface area contributed by atoms with Crippen molar-refractivity contribution in [3.8, 4) is 5.75 Å². The van der Waals surface area contributed by atoms with Gasteiger partial charge >= 0.3 is 6.09 Å². The first-order valence-corrected chi connectivity index (χ1v) is 7.95. The summed E-state index contributed by atoms with van der Waals surface area (Å²) in [6.45, 7) is 1.52. The number of pyridine rings is 1. The van der Waals surface area contributed by atoms with Crippen molar-refractivity contribution in [1.29, 1.82) is 0 Å². The molecule has 1 aromatic heterocycles. The van der Waals surface area contributed by atoms with Gasteiger partial charge in [0.15, 0.2) is 5.75 Å². The molecule has 0 N–H and O–H groups in total. The fourth-order valence-electron chi connectivity index (χ4n) is 2.30. The van der Waals surface area contributed by atoms with Gasteiger partial charge in [0, 0.05) is 29.1 Å². The molecule has 104 valence electrons. The van der Waals surface area contributed by atoms with Crippen LogP contribution in [0.15, 0.2) is 33.3 Å². The summed E-state index contributed by atoms with van der Waals surface area (Å²) in [5, 5.41) is 0.917. The Morgan fingerprint density at radius 3 is 2.75 bits per heavy atom. The van der Waals surface area contributed by atoms with Crippen LogP contribution in [0.3, 0.4) is 0 Å². The molecule has 1 amide bonds. The summed E-state index contributed by atoms with van der Waals surface area (Å²) in [6, 6.07) is 5.66. The first-order valence-electron chi connectivity index (χ1n) is 6.36. The minimum absolute atomic E-state index is 0.308. The first-order chi connectivity index (χ1) is 9.66. The third-order valence-electron chi connectivity index (χ3n) is 3.30. The molecule has 1 aromatic carbocycles. The quantitative estimate of drug-likeness (QED) is 0.715. The number of rotatable bonds is 1. The molecule has 0 aliphatic carbocycles. The van der Waals surface area contributed by atoms with Crippen LogP contribution in [-0.2, 0) is 0 Å². The van der Waals surface area contributed by atoms with E-state index in [4.69, 9.17) is 4.74 Å². The van der Waals surface area contributed by atoms with E-state index < -0.39 is 0 Å². The Hall–Kier alpha value is -1.14. The maximum absolute atomic E-state index is 12.1. The molecule has 0 atom stereocenters. The SMILES string of the molecule is O=C(Oc1c(Br)cc(Br)c2cccnc12)N1CCCC1. The Morgan fingerprint density at radius 1 is 1.25 bits per heavy atom. The van der Waals surface area contributed by atoms with Crippen LogP contribution in [0.1, 0.15) is 12.8 Å². The van der Waals surface area contributed by atoms with E-state index in [0.29, 0.717) is 15.7 Å². The van der Waals surface area contributed by atoms with Crippen LogP contribution in [0.2, 0.25) is 0 Å². The van der Waals surface area contributed by atoms with E-state index in [9.17, 15) is 4.79 Å². The summed E-state index contributed by atoms with van der Waals surface area (Å²) in [4.78, 5) is 18.2. The lowest BCUT2D eigenvalue weighted by Crippen LogP contribution is -2.30. The van der Waals surface area contributed by atoms with Gasteiger partial charge in [-0.2, -0.15) is 0 Å². The standard InChI is InChI=1S/C14H12Br2N2O2/c15-10-8-11(16)13(12-9(10)4-3-5-17-12)20-14(19)18-6-1-2-7-18/h3-5,8H,1-2,6-7H2. The second-order valence-corrected chi connectivity index (χ2v) is 6.34. The molecule has 1 fully saturated rings. The van der Waals surface area contributed by atoms with Crippen molar-refractivity contribution in [2.45, 2.75) is 12.8 Å². The van der Waals surface area contributed by atoms with Crippen LogP contribution < -0.4 is 4.74 Å². The minimum atomic E-state index is -0.308. The Kier molecular flexibility index (Phi) is 3.94. The van der Waals surface area contributed by atoms with E-state index in [1.165, 1.54) is 0 Å². The van der Waals surface area contributed by atoms with E-state index in [1.807, 2.05) is 18.2 Å². The van der Waals surface area contributed by atoms with Crippen molar-refractivity contribution in [3.63, 3.8) is 0 Å². The highest BCUT2D eigenvalue weighted by Gasteiger charge is 2.22. The molecule has 6 heteroatoms. The van der Waals surface area contributed by atoms with Crippen molar-refractivity contribution in [2.24, 2.45) is 0 Å². The zero-order valence-electron chi connectivity index (χ0n) is 10.6. The van der Waals surface area contributed by atoms with E-state index in [1.54, 1.807) is 11.1 Å². The highest BCUT2D eigenvalue weighted by atomic mass is 79.9. The molecule has 4 nitrogen and oxygen atoms in total.